The van der Waals surface area contributed by atoms with E-state index >= 15 is 0 Å². The van der Waals surface area contributed by atoms with Gasteiger partial charge in [-0.2, -0.15) is 0 Å². The van der Waals surface area contributed by atoms with Crippen LogP contribution in [0, 0.1) is 6.92 Å². The van der Waals surface area contributed by atoms with Crippen molar-refractivity contribution in [2.24, 2.45) is 4.99 Å². The third kappa shape index (κ3) is 2.73. The van der Waals surface area contributed by atoms with Gasteiger partial charge in [0.15, 0.2) is 5.96 Å². The lowest BCUT2D eigenvalue weighted by molar-refractivity contribution is 0.583. The highest BCUT2D eigenvalue weighted by Gasteiger charge is 2.02. The van der Waals surface area contributed by atoms with E-state index in [1.54, 1.807) is 18.4 Å². The van der Waals surface area contributed by atoms with Crippen molar-refractivity contribution in [2.75, 3.05) is 21.1 Å². The molecule has 3 nitrogen and oxygen atoms in total. The van der Waals surface area contributed by atoms with Crippen LogP contribution in [0.1, 0.15) is 10.4 Å². The SMILES string of the molecule is CN=C(NCc1sccc1C)N(C)C. The number of nitrogens with one attached hydrogen (secondary N) is 1. The molecule has 1 aromatic heterocycles. The number of hydrogen-bond donors (Lipinski definition) is 1. The lowest BCUT2D eigenvalue weighted by atomic mass is 10.3. The molecule has 0 amide bonds. The molecule has 0 aliphatic carbocycles. The molecule has 1 N–H and O–H groups in total. The summed E-state index contributed by atoms with van der Waals surface area (Å²) in [6.07, 6.45) is 0. The van der Waals surface area contributed by atoms with Crippen LogP contribution in [-0.4, -0.2) is 32.0 Å². The van der Waals surface area contributed by atoms with E-state index in [0.717, 1.165) is 12.5 Å². The Morgan fingerprint density at radius 1 is 1.57 bits per heavy atom. The molecule has 1 heterocycles. The van der Waals surface area contributed by atoms with Gasteiger partial charge in [-0.1, -0.05) is 0 Å². The molecule has 0 atom stereocenters. The van der Waals surface area contributed by atoms with Gasteiger partial charge in [-0.25, -0.2) is 0 Å². The first-order valence-electron chi connectivity index (χ1n) is 4.56. The zero-order chi connectivity index (χ0) is 10.6. The average Bonchev–Trinajstić information content (AvgIpc) is 2.52. The Hall–Kier alpha value is -1.03. The van der Waals surface area contributed by atoms with Crippen molar-refractivity contribution in [3.05, 3.63) is 21.9 Å². The summed E-state index contributed by atoms with van der Waals surface area (Å²) in [7, 11) is 5.76. The number of rotatable bonds is 2. The van der Waals surface area contributed by atoms with E-state index < -0.39 is 0 Å². The molecule has 0 aliphatic rings. The molecule has 0 aromatic carbocycles. The maximum atomic E-state index is 4.15. The molecule has 0 spiro atoms. The van der Waals surface area contributed by atoms with Crippen molar-refractivity contribution in [2.45, 2.75) is 13.5 Å². The van der Waals surface area contributed by atoms with Gasteiger partial charge in [0.05, 0.1) is 6.54 Å². The summed E-state index contributed by atoms with van der Waals surface area (Å²) in [5.74, 6) is 0.915. The first kappa shape index (κ1) is 11.0. The number of aliphatic imine (C=N–C) groups is 1. The lowest BCUT2D eigenvalue weighted by Gasteiger charge is -2.16. The topological polar surface area (TPSA) is 27.6 Å². The van der Waals surface area contributed by atoms with Crippen LogP contribution in [0.2, 0.25) is 0 Å². The fraction of sp³-hybridized carbons (Fsp3) is 0.500. The van der Waals surface area contributed by atoms with Crippen LogP contribution < -0.4 is 5.32 Å². The molecule has 0 bridgehead atoms. The van der Waals surface area contributed by atoms with Gasteiger partial charge < -0.3 is 10.2 Å². The van der Waals surface area contributed by atoms with Crippen molar-refractivity contribution < 1.29 is 0 Å². The summed E-state index contributed by atoms with van der Waals surface area (Å²) in [6, 6.07) is 2.14. The van der Waals surface area contributed by atoms with Gasteiger partial charge in [0.2, 0.25) is 0 Å². The Bertz CT molecular complexity index is 315. The second-order valence-electron chi connectivity index (χ2n) is 3.32. The molecular formula is C10H17N3S. The molecule has 0 fully saturated rings. The fourth-order valence-corrected chi connectivity index (χ4v) is 2.03. The molecule has 0 saturated heterocycles. The Morgan fingerprint density at radius 3 is 2.71 bits per heavy atom. The van der Waals surface area contributed by atoms with E-state index in [1.165, 1.54) is 10.4 Å². The molecule has 1 rings (SSSR count). The molecule has 0 saturated carbocycles. The van der Waals surface area contributed by atoms with Crippen LogP contribution in [0.25, 0.3) is 0 Å². The fourth-order valence-electron chi connectivity index (χ4n) is 1.18. The molecule has 14 heavy (non-hydrogen) atoms. The van der Waals surface area contributed by atoms with E-state index in [0.29, 0.717) is 0 Å². The Morgan fingerprint density at radius 2 is 2.29 bits per heavy atom. The molecular weight excluding hydrogens is 194 g/mol. The average molecular weight is 211 g/mol. The summed E-state index contributed by atoms with van der Waals surface area (Å²) in [5.41, 5.74) is 1.34. The van der Waals surface area contributed by atoms with Gasteiger partial charge in [0.1, 0.15) is 0 Å². The maximum Gasteiger partial charge on any atom is 0.193 e. The normalized spacial score (nSPS) is 11.6. The van der Waals surface area contributed by atoms with E-state index in [1.807, 2.05) is 19.0 Å². The molecule has 4 heteroatoms. The van der Waals surface area contributed by atoms with Crippen molar-refractivity contribution in [1.82, 2.24) is 10.2 Å². The lowest BCUT2D eigenvalue weighted by Crippen LogP contribution is -2.35. The standard InChI is InChI=1S/C10H17N3S/c1-8-5-6-14-9(8)7-12-10(11-2)13(3)4/h5-6H,7H2,1-4H3,(H,11,12). The van der Waals surface area contributed by atoms with Gasteiger partial charge in [0.25, 0.3) is 0 Å². The van der Waals surface area contributed by atoms with Gasteiger partial charge in [-0.15, -0.1) is 11.3 Å². The summed E-state index contributed by atoms with van der Waals surface area (Å²) < 4.78 is 0. The summed E-state index contributed by atoms with van der Waals surface area (Å²) >= 11 is 1.78. The zero-order valence-electron chi connectivity index (χ0n) is 9.16. The largest absolute Gasteiger partial charge is 0.351 e. The van der Waals surface area contributed by atoms with E-state index in [-0.39, 0.29) is 0 Å². The Labute approximate surface area is 89.5 Å². The molecule has 1 aromatic rings. The maximum absolute atomic E-state index is 4.15. The van der Waals surface area contributed by atoms with Gasteiger partial charge >= 0.3 is 0 Å². The summed E-state index contributed by atoms with van der Waals surface area (Å²) in [6.45, 7) is 2.99. The number of hydrogen-bond acceptors (Lipinski definition) is 2. The molecule has 0 unspecified atom stereocenters. The van der Waals surface area contributed by atoms with Gasteiger partial charge in [0, 0.05) is 26.0 Å². The van der Waals surface area contributed by atoms with Crippen molar-refractivity contribution >= 4 is 17.3 Å². The monoisotopic (exact) mass is 211 g/mol. The third-order valence-electron chi connectivity index (χ3n) is 2.01. The third-order valence-corrected chi connectivity index (χ3v) is 3.03. The zero-order valence-corrected chi connectivity index (χ0v) is 9.98. The smallest absolute Gasteiger partial charge is 0.193 e. The van der Waals surface area contributed by atoms with Crippen LogP contribution in [0.15, 0.2) is 16.4 Å². The predicted octanol–water partition coefficient (Wildman–Crippen LogP) is 1.69. The highest BCUT2D eigenvalue weighted by molar-refractivity contribution is 7.10. The van der Waals surface area contributed by atoms with E-state index in [4.69, 9.17) is 0 Å². The minimum atomic E-state index is 0.856. The van der Waals surface area contributed by atoms with Gasteiger partial charge in [-0.3, -0.25) is 4.99 Å². The quantitative estimate of drug-likeness (QED) is 0.595. The minimum absolute atomic E-state index is 0.856. The van der Waals surface area contributed by atoms with Crippen LogP contribution in [-0.2, 0) is 6.54 Å². The van der Waals surface area contributed by atoms with Crippen molar-refractivity contribution in [1.29, 1.82) is 0 Å². The van der Waals surface area contributed by atoms with Crippen LogP contribution in [0.4, 0.5) is 0 Å². The molecule has 0 radical (unpaired) electrons. The molecule has 0 aliphatic heterocycles. The first-order valence-corrected chi connectivity index (χ1v) is 5.44. The molecule has 78 valence electrons. The van der Waals surface area contributed by atoms with Crippen LogP contribution in [0.3, 0.4) is 0 Å². The second kappa shape index (κ2) is 5.00. The number of aryl methyl sites for hydroxylation is 1. The number of guanidine groups is 1. The highest BCUT2D eigenvalue weighted by Crippen LogP contribution is 2.14. The van der Waals surface area contributed by atoms with E-state index in [9.17, 15) is 0 Å². The second-order valence-corrected chi connectivity index (χ2v) is 4.32. The summed E-state index contributed by atoms with van der Waals surface area (Å²) in [4.78, 5) is 7.50. The number of thiophene rings is 1. The Balaban J connectivity index is 2.52. The van der Waals surface area contributed by atoms with Crippen LogP contribution in [0.5, 0.6) is 0 Å². The number of nitrogens with zero attached hydrogens (tertiary/aromatic N) is 2. The highest BCUT2D eigenvalue weighted by atomic mass is 32.1. The predicted molar refractivity (Wildman–Crippen MR) is 62.9 cm³/mol. The van der Waals surface area contributed by atoms with Crippen molar-refractivity contribution in [3.8, 4) is 0 Å². The van der Waals surface area contributed by atoms with E-state index in [2.05, 4.69) is 28.7 Å². The first-order chi connectivity index (χ1) is 6.65. The Kier molecular flexibility index (Phi) is 3.95. The van der Waals surface area contributed by atoms with Crippen molar-refractivity contribution in [3.63, 3.8) is 0 Å². The summed E-state index contributed by atoms with van der Waals surface area (Å²) in [5, 5.41) is 5.41. The van der Waals surface area contributed by atoms with Crippen LogP contribution >= 0.6 is 11.3 Å². The van der Waals surface area contributed by atoms with Gasteiger partial charge in [-0.05, 0) is 23.9 Å². The minimum Gasteiger partial charge on any atom is -0.351 e.